The summed E-state index contributed by atoms with van der Waals surface area (Å²) in [6.07, 6.45) is -1.39. The van der Waals surface area contributed by atoms with Gasteiger partial charge in [0.25, 0.3) is 11.8 Å². The van der Waals surface area contributed by atoms with Gasteiger partial charge in [-0.05, 0) is 48.9 Å². The van der Waals surface area contributed by atoms with E-state index in [-0.39, 0.29) is 12.6 Å². The third-order valence-electron chi connectivity index (χ3n) is 6.56. The average molecular weight is 494 g/mol. The number of aliphatic hydroxyl groups is 2. The first-order valence-corrected chi connectivity index (χ1v) is 12.7. The molecule has 1 fully saturated rings. The van der Waals surface area contributed by atoms with E-state index in [1.807, 2.05) is 41.8 Å². The minimum absolute atomic E-state index is 0.116. The van der Waals surface area contributed by atoms with Crippen LogP contribution in [0.5, 0.6) is 0 Å². The van der Waals surface area contributed by atoms with E-state index < -0.39 is 24.0 Å². The highest BCUT2D eigenvalue weighted by molar-refractivity contribution is 7.09. The second kappa shape index (κ2) is 11.1. The van der Waals surface area contributed by atoms with Crippen LogP contribution >= 0.6 is 11.3 Å². The van der Waals surface area contributed by atoms with Crippen LogP contribution in [-0.2, 0) is 22.6 Å². The summed E-state index contributed by atoms with van der Waals surface area (Å²) in [7, 11) is 0. The van der Waals surface area contributed by atoms with E-state index in [4.69, 9.17) is 0 Å². The van der Waals surface area contributed by atoms with Gasteiger partial charge in [-0.1, -0.05) is 48.5 Å². The Morgan fingerprint density at radius 2 is 1.80 bits per heavy atom. The molecule has 3 atom stereocenters. The predicted molar refractivity (Wildman–Crippen MR) is 135 cm³/mol. The standard InChI is InChI=1S/C27H31N3O4S/c1-17-8-6-9-18(2)21(17)14-20-16-35-23(29-20)15-28-26(33)24(31)25(32)27(34)30-13-7-12-22(30)19-10-4-3-5-11-19/h3-6,8-11,16,22,24-25,31-32H,7,12-15H2,1-2H3,(H,28,33)/t22-,24-,25-/m1/s1. The maximum absolute atomic E-state index is 12.9. The Balaban J connectivity index is 1.32. The number of nitrogens with zero attached hydrogens (tertiary/aromatic N) is 2. The molecule has 35 heavy (non-hydrogen) atoms. The molecular formula is C27H31N3O4S. The molecule has 0 aliphatic carbocycles. The molecular weight excluding hydrogens is 462 g/mol. The van der Waals surface area contributed by atoms with Crippen molar-refractivity contribution in [2.45, 2.75) is 57.9 Å². The van der Waals surface area contributed by atoms with Crippen molar-refractivity contribution < 1.29 is 19.8 Å². The normalized spacial score (nSPS) is 17.3. The van der Waals surface area contributed by atoms with Crippen molar-refractivity contribution in [3.05, 3.63) is 86.9 Å². The van der Waals surface area contributed by atoms with E-state index in [0.29, 0.717) is 18.0 Å². The average Bonchev–Trinajstić information content (AvgIpc) is 3.54. The Bertz CT molecular complexity index is 1160. The van der Waals surface area contributed by atoms with E-state index in [9.17, 15) is 19.8 Å². The highest BCUT2D eigenvalue weighted by atomic mass is 32.1. The summed E-state index contributed by atoms with van der Waals surface area (Å²) in [4.78, 5) is 31.6. The molecule has 2 aromatic carbocycles. The van der Waals surface area contributed by atoms with Crippen molar-refractivity contribution >= 4 is 23.2 Å². The van der Waals surface area contributed by atoms with Crippen LogP contribution in [0.4, 0.5) is 0 Å². The molecule has 3 aromatic rings. The molecule has 184 valence electrons. The monoisotopic (exact) mass is 493 g/mol. The van der Waals surface area contributed by atoms with Gasteiger partial charge in [0.15, 0.2) is 12.2 Å². The minimum Gasteiger partial charge on any atom is -0.380 e. The summed E-state index contributed by atoms with van der Waals surface area (Å²) in [5.41, 5.74) is 5.55. The number of hydrogen-bond donors (Lipinski definition) is 3. The second-order valence-corrected chi connectivity index (χ2v) is 9.93. The molecule has 7 nitrogen and oxygen atoms in total. The Kier molecular flexibility index (Phi) is 7.95. The molecule has 0 spiro atoms. The third kappa shape index (κ3) is 5.78. The van der Waals surface area contributed by atoms with Gasteiger partial charge in [-0.3, -0.25) is 9.59 Å². The number of carbonyl (C=O) groups excluding carboxylic acids is 2. The number of aliphatic hydroxyl groups excluding tert-OH is 2. The van der Waals surface area contributed by atoms with E-state index in [1.165, 1.54) is 28.0 Å². The number of rotatable bonds is 8. The zero-order valence-corrected chi connectivity index (χ0v) is 20.8. The van der Waals surface area contributed by atoms with E-state index in [2.05, 4.69) is 36.3 Å². The summed E-state index contributed by atoms with van der Waals surface area (Å²) in [6, 6.07) is 15.6. The number of aromatic nitrogens is 1. The second-order valence-electron chi connectivity index (χ2n) is 8.99. The van der Waals surface area contributed by atoms with Gasteiger partial charge in [0.1, 0.15) is 5.01 Å². The van der Waals surface area contributed by atoms with E-state index in [1.54, 1.807) is 4.90 Å². The SMILES string of the molecule is Cc1cccc(C)c1Cc1csc(CNC(=O)[C@H](O)[C@@H](O)C(=O)N2CCC[C@@H]2c2ccccc2)n1. The van der Waals surface area contributed by atoms with Crippen molar-refractivity contribution in [2.75, 3.05) is 6.54 Å². The lowest BCUT2D eigenvalue weighted by Gasteiger charge is -2.28. The van der Waals surface area contributed by atoms with Crippen LogP contribution < -0.4 is 5.32 Å². The van der Waals surface area contributed by atoms with Crippen molar-refractivity contribution in [1.29, 1.82) is 0 Å². The Morgan fingerprint density at radius 1 is 1.09 bits per heavy atom. The van der Waals surface area contributed by atoms with Gasteiger partial charge in [-0.25, -0.2) is 4.98 Å². The summed E-state index contributed by atoms with van der Waals surface area (Å²) in [5, 5.41) is 26.1. The molecule has 1 saturated heterocycles. The van der Waals surface area contributed by atoms with Crippen molar-refractivity contribution in [3.63, 3.8) is 0 Å². The largest absolute Gasteiger partial charge is 0.380 e. The highest BCUT2D eigenvalue weighted by Crippen LogP contribution is 2.32. The van der Waals surface area contributed by atoms with Crippen molar-refractivity contribution in [3.8, 4) is 0 Å². The van der Waals surface area contributed by atoms with Crippen LogP contribution in [0, 0.1) is 13.8 Å². The number of aryl methyl sites for hydroxylation is 2. The van der Waals surface area contributed by atoms with Gasteiger partial charge < -0.3 is 20.4 Å². The summed E-state index contributed by atoms with van der Waals surface area (Å²) >= 11 is 1.42. The van der Waals surface area contributed by atoms with Crippen LogP contribution in [-0.4, -0.2) is 50.7 Å². The fourth-order valence-electron chi connectivity index (χ4n) is 4.59. The molecule has 1 aliphatic heterocycles. The number of likely N-dealkylation sites (tertiary alicyclic amines) is 1. The van der Waals surface area contributed by atoms with E-state index in [0.717, 1.165) is 24.1 Å². The molecule has 0 unspecified atom stereocenters. The molecule has 1 aromatic heterocycles. The number of benzene rings is 2. The van der Waals surface area contributed by atoms with Crippen LogP contribution in [0.1, 0.15) is 51.8 Å². The smallest absolute Gasteiger partial charge is 0.255 e. The highest BCUT2D eigenvalue weighted by Gasteiger charge is 2.38. The molecule has 8 heteroatoms. The lowest BCUT2D eigenvalue weighted by Crippen LogP contribution is -2.50. The fraction of sp³-hybridized carbons (Fsp3) is 0.370. The third-order valence-corrected chi connectivity index (χ3v) is 7.45. The number of carbonyl (C=O) groups is 2. The maximum Gasteiger partial charge on any atom is 0.255 e. The maximum atomic E-state index is 12.9. The van der Waals surface area contributed by atoms with Crippen LogP contribution in [0.3, 0.4) is 0 Å². The lowest BCUT2D eigenvalue weighted by atomic mass is 9.99. The van der Waals surface area contributed by atoms with Gasteiger partial charge in [0, 0.05) is 18.3 Å². The van der Waals surface area contributed by atoms with Crippen LogP contribution in [0.2, 0.25) is 0 Å². The summed E-state index contributed by atoms with van der Waals surface area (Å²) in [6.45, 7) is 4.75. The van der Waals surface area contributed by atoms with Crippen LogP contribution in [0.15, 0.2) is 53.9 Å². The molecule has 3 N–H and O–H groups in total. The number of amides is 2. The molecule has 4 rings (SSSR count). The first kappa shape index (κ1) is 25.0. The first-order chi connectivity index (χ1) is 16.8. The summed E-state index contributed by atoms with van der Waals surface area (Å²) < 4.78 is 0. The lowest BCUT2D eigenvalue weighted by molar-refractivity contribution is -0.153. The fourth-order valence-corrected chi connectivity index (χ4v) is 5.32. The molecule has 1 aliphatic rings. The molecule has 2 heterocycles. The van der Waals surface area contributed by atoms with Gasteiger partial charge >= 0.3 is 0 Å². The molecule has 0 saturated carbocycles. The number of hydrogen-bond acceptors (Lipinski definition) is 6. The zero-order chi connectivity index (χ0) is 24.9. The van der Waals surface area contributed by atoms with Crippen molar-refractivity contribution in [2.24, 2.45) is 0 Å². The minimum atomic E-state index is -1.85. The van der Waals surface area contributed by atoms with Gasteiger partial charge in [-0.15, -0.1) is 11.3 Å². The zero-order valence-electron chi connectivity index (χ0n) is 20.0. The number of thiazole rings is 1. The Labute approximate surface area is 209 Å². The predicted octanol–water partition coefficient (Wildman–Crippen LogP) is 3.05. The quantitative estimate of drug-likeness (QED) is 0.448. The van der Waals surface area contributed by atoms with Crippen molar-refractivity contribution in [1.82, 2.24) is 15.2 Å². The molecule has 2 amide bonds. The Morgan fingerprint density at radius 3 is 2.51 bits per heavy atom. The first-order valence-electron chi connectivity index (χ1n) is 11.8. The van der Waals surface area contributed by atoms with E-state index >= 15 is 0 Å². The number of nitrogens with one attached hydrogen (secondary N) is 1. The van der Waals surface area contributed by atoms with Gasteiger partial charge in [0.05, 0.1) is 18.3 Å². The molecule has 0 bridgehead atoms. The topological polar surface area (TPSA) is 103 Å². The van der Waals surface area contributed by atoms with Gasteiger partial charge in [0.2, 0.25) is 0 Å². The molecule has 0 radical (unpaired) electrons. The van der Waals surface area contributed by atoms with Gasteiger partial charge in [-0.2, -0.15) is 0 Å². The summed E-state index contributed by atoms with van der Waals surface area (Å²) in [5.74, 6) is -1.43. The Hall–Kier alpha value is -3.07. The van der Waals surface area contributed by atoms with Crippen LogP contribution in [0.25, 0.3) is 0 Å².